The van der Waals surface area contributed by atoms with Gasteiger partial charge >= 0.3 is 0 Å². The van der Waals surface area contributed by atoms with Gasteiger partial charge in [0.2, 0.25) is 0 Å². The monoisotopic (exact) mass is 250 g/mol. The van der Waals surface area contributed by atoms with E-state index in [0.717, 1.165) is 16.2 Å². The molecule has 3 rings (SSSR count). The highest BCUT2D eigenvalue weighted by Crippen LogP contribution is 2.55. The third-order valence-corrected chi connectivity index (χ3v) is 8.79. The lowest BCUT2D eigenvalue weighted by Crippen LogP contribution is -2.19. The summed E-state index contributed by atoms with van der Waals surface area (Å²) in [6, 6.07) is 11.2. The van der Waals surface area contributed by atoms with Crippen LogP contribution in [0.1, 0.15) is 25.7 Å². The van der Waals surface area contributed by atoms with Gasteiger partial charge in [0.1, 0.15) is 0 Å². The Hall–Kier alpha value is -0.0000000000000000555. The van der Waals surface area contributed by atoms with Crippen molar-refractivity contribution in [3.8, 4) is 0 Å². The van der Waals surface area contributed by atoms with Crippen LogP contribution in [0.3, 0.4) is 0 Å². The molecule has 2 aliphatic rings. The molecule has 1 aromatic rings. The van der Waals surface area contributed by atoms with E-state index in [1.54, 1.807) is 5.30 Å². The highest BCUT2D eigenvalue weighted by atomic mass is 32.2. The van der Waals surface area contributed by atoms with Gasteiger partial charge in [-0.3, -0.25) is 0 Å². The van der Waals surface area contributed by atoms with Crippen molar-refractivity contribution in [3.05, 3.63) is 30.3 Å². The smallest absolute Gasteiger partial charge is 0.0291 e. The zero-order chi connectivity index (χ0) is 11.0. The van der Waals surface area contributed by atoms with E-state index in [1.807, 2.05) is 0 Å². The van der Waals surface area contributed by atoms with Crippen LogP contribution in [0.15, 0.2) is 30.3 Å². The summed E-state index contributed by atoms with van der Waals surface area (Å²) in [7, 11) is 0.0559. The minimum atomic E-state index is 0.0559. The maximum absolute atomic E-state index is 2.48. The molecule has 86 valence electrons. The summed E-state index contributed by atoms with van der Waals surface area (Å²) in [6.45, 7) is 2.48. The van der Waals surface area contributed by atoms with Crippen molar-refractivity contribution in [1.82, 2.24) is 0 Å². The van der Waals surface area contributed by atoms with Gasteiger partial charge in [-0.1, -0.05) is 38.3 Å². The number of fused-ring (bicyclic) bond motifs is 2. The van der Waals surface area contributed by atoms with E-state index in [2.05, 4.69) is 48.8 Å². The van der Waals surface area contributed by atoms with Crippen molar-refractivity contribution >= 4 is 25.0 Å². The molecule has 2 fully saturated rings. The van der Waals surface area contributed by atoms with Crippen LogP contribution in [-0.2, 0) is 0 Å². The summed E-state index contributed by atoms with van der Waals surface area (Å²) < 4.78 is 0. The molecule has 0 nitrogen and oxygen atoms in total. The topological polar surface area (TPSA) is 0 Å². The molecule has 0 aromatic heterocycles. The predicted octanol–water partition coefficient (Wildman–Crippen LogP) is 4.06. The number of hydrogen-bond acceptors (Lipinski definition) is 1. The van der Waals surface area contributed by atoms with Crippen LogP contribution in [-0.4, -0.2) is 16.9 Å². The van der Waals surface area contributed by atoms with Crippen molar-refractivity contribution in [2.24, 2.45) is 5.92 Å². The van der Waals surface area contributed by atoms with Gasteiger partial charge in [-0.15, -0.1) is 0 Å². The Balaban J connectivity index is 1.73. The third-order valence-electron chi connectivity index (χ3n) is 3.97. The fraction of sp³-hybridized carbons (Fsp3) is 0.571. The zero-order valence-corrected chi connectivity index (χ0v) is 11.5. The summed E-state index contributed by atoms with van der Waals surface area (Å²) in [5.74, 6) is 1.06. The maximum Gasteiger partial charge on any atom is 0.0291 e. The molecule has 1 aromatic carbocycles. The quantitative estimate of drug-likeness (QED) is 0.713. The van der Waals surface area contributed by atoms with Crippen molar-refractivity contribution in [3.63, 3.8) is 0 Å². The Bertz CT molecular complexity index is 339. The van der Waals surface area contributed by atoms with Crippen LogP contribution >= 0.6 is 19.7 Å². The summed E-state index contributed by atoms with van der Waals surface area (Å²) >= 11 is 2.30. The molecule has 2 heteroatoms. The van der Waals surface area contributed by atoms with Gasteiger partial charge in [-0.05, 0) is 43.6 Å². The minimum Gasteiger partial charge on any atom is -0.150 e. The van der Waals surface area contributed by atoms with Crippen LogP contribution in [0.4, 0.5) is 0 Å². The Morgan fingerprint density at radius 3 is 2.69 bits per heavy atom. The first-order chi connectivity index (χ1) is 7.83. The van der Waals surface area contributed by atoms with E-state index in [0.29, 0.717) is 0 Å². The van der Waals surface area contributed by atoms with E-state index < -0.39 is 0 Å². The van der Waals surface area contributed by atoms with E-state index in [-0.39, 0.29) is 7.92 Å². The summed E-state index contributed by atoms with van der Waals surface area (Å²) in [4.78, 5) is 0.934. The van der Waals surface area contributed by atoms with Gasteiger partial charge in [0, 0.05) is 10.2 Å². The van der Waals surface area contributed by atoms with Crippen LogP contribution < -0.4 is 5.30 Å². The summed E-state index contributed by atoms with van der Waals surface area (Å²) in [5.41, 5.74) is 0. The number of thioether (sulfide) groups is 1. The van der Waals surface area contributed by atoms with E-state index in [4.69, 9.17) is 0 Å². The summed E-state index contributed by atoms with van der Waals surface area (Å²) in [6.07, 6.45) is 5.99. The van der Waals surface area contributed by atoms with Gasteiger partial charge < -0.3 is 0 Å². The molecule has 16 heavy (non-hydrogen) atoms. The molecule has 0 amide bonds. The summed E-state index contributed by atoms with van der Waals surface area (Å²) in [5, 5.41) is 2.59. The molecule has 4 atom stereocenters. The predicted molar refractivity (Wildman–Crippen MR) is 76.0 cm³/mol. The molecule has 1 saturated heterocycles. The van der Waals surface area contributed by atoms with Crippen molar-refractivity contribution in [2.75, 3.05) is 6.66 Å². The standard InChI is InChI=1S/C14H19PS/c1-15(12-5-3-2-4-6-12)14-10-11-7-8-13(9-11)16-14/h2-6,11,13-14H,7-10H2,1H3. The van der Waals surface area contributed by atoms with Crippen molar-refractivity contribution < 1.29 is 0 Å². The fourth-order valence-corrected chi connectivity index (χ4v) is 7.69. The number of rotatable bonds is 2. The molecular formula is C14H19PS. The van der Waals surface area contributed by atoms with Gasteiger partial charge in [-0.2, -0.15) is 11.8 Å². The zero-order valence-electron chi connectivity index (χ0n) is 9.80. The van der Waals surface area contributed by atoms with Crippen LogP contribution in [0.25, 0.3) is 0 Å². The lowest BCUT2D eigenvalue weighted by atomic mass is 10.1. The molecule has 1 saturated carbocycles. The Morgan fingerprint density at radius 1 is 1.12 bits per heavy atom. The highest BCUT2D eigenvalue weighted by Gasteiger charge is 2.36. The van der Waals surface area contributed by atoms with E-state index >= 15 is 0 Å². The average Bonchev–Trinajstić information content (AvgIpc) is 2.68. The molecule has 0 N–H and O–H groups in total. The first-order valence-corrected chi connectivity index (χ1v) is 9.06. The number of benzene rings is 1. The Morgan fingerprint density at radius 2 is 1.94 bits per heavy atom. The van der Waals surface area contributed by atoms with Crippen LogP contribution in [0.2, 0.25) is 0 Å². The molecule has 1 heterocycles. The second-order valence-corrected chi connectivity index (χ2v) is 9.29. The minimum absolute atomic E-state index is 0.0559. The lowest BCUT2D eigenvalue weighted by molar-refractivity contribution is 0.518. The second-order valence-electron chi connectivity index (χ2n) is 5.07. The molecular weight excluding hydrogens is 231 g/mol. The molecule has 0 radical (unpaired) electrons. The SMILES string of the molecule is CP(c1ccccc1)C1CC2CCC(C2)S1. The van der Waals surface area contributed by atoms with Crippen LogP contribution in [0, 0.1) is 5.92 Å². The molecule has 1 aliphatic heterocycles. The Kier molecular flexibility index (Phi) is 3.27. The first-order valence-electron chi connectivity index (χ1n) is 6.26. The van der Waals surface area contributed by atoms with Gasteiger partial charge in [0.05, 0.1) is 0 Å². The van der Waals surface area contributed by atoms with E-state index in [9.17, 15) is 0 Å². The second kappa shape index (κ2) is 4.70. The molecule has 2 bridgehead atoms. The van der Waals surface area contributed by atoms with E-state index in [1.165, 1.54) is 25.7 Å². The van der Waals surface area contributed by atoms with Crippen molar-refractivity contribution in [2.45, 2.75) is 35.9 Å². The average molecular weight is 250 g/mol. The van der Waals surface area contributed by atoms with Crippen molar-refractivity contribution in [1.29, 1.82) is 0 Å². The molecule has 4 unspecified atom stereocenters. The third kappa shape index (κ3) is 2.17. The highest BCUT2D eigenvalue weighted by molar-refractivity contribution is 8.07. The molecule has 0 spiro atoms. The van der Waals surface area contributed by atoms with Crippen LogP contribution in [0.5, 0.6) is 0 Å². The Labute approximate surface area is 104 Å². The maximum atomic E-state index is 2.48. The largest absolute Gasteiger partial charge is 0.150 e. The van der Waals surface area contributed by atoms with Gasteiger partial charge in [-0.25, -0.2) is 0 Å². The first kappa shape index (κ1) is 11.1. The fourth-order valence-electron chi connectivity index (χ4n) is 3.01. The van der Waals surface area contributed by atoms with Gasteiger partial charge in [0.15, 0.2) is 0 Å². The lowest BCUT2D eigenvalue weighted by Gasteiger charge is -2.32. The molecule has 1 aliphatic carbocycles. The number of hydrogen-bond donors (Lipinski definition) is 0. The normalized spacial score (nSPS) is 34.9. The van der Waals surface area contributed by atoms with Gasteiger partial charge in [0.25, 0.3) is 0 Å².